The van der Waals surface area contributed by atoms with E-state index in [4.69, 9.17) is 5.41 Å². The molecule has 0 aromatic heterocycles. The van der Waals surface area contributed by atoms with Gasteiger partial charge in [-0.15, -0.1) is 0 Å². The van der Waals surface area contributed by atoms with Crippen molar-refractivity contribution in [1.82, 2.24) is 0 Å². The van der Waals surface area contributed by atoms with Gasteiger partial charge in [-0.25, -0.2) is 20.4 Å². The molecule has 20 heavy (non-hydrogen) atoms. The number of nitrogens with one attached hydrogen (secondary N) is 1. The molecule has 0 amide bonds. The predicted molar refractivity (Wildman–Crippen MR) is 84.3 cm³/mol. The minimum absolute atomic E-state index is 0.533. The maximum atomic E-state index is 6.19. The summed E-state index contributed by atoms with van der Waals surface area (Å²) in [7, 11) is 0. The molecule has 112 valence electrons. The molecule has 4 heteroatoms. The summed E-state index contributed by atoms with van der Waals surface area (Å²) in [5, 5.41) is 6.19. The molecule has 2 aliphatic carbocycles. The van der Waals surface area contributed by atoms with Crippen molar-refractivity contribution in [3.63, 3.8) is 0 Å². The first-order valence-electron chi connectivity index (χ1n) is 8.09. The Morgan fingerprint density at radius 1 is 0.850 bits per heavy atom. The van der Waals surface area contributed by atoms with Gasteiger partial charge in [-0.1, -0.05) is 38.5 Å². The Morgan fingerprint density at radius 3 is 1.60 bits per heavy atom. The smallest absolute Gasteiger partial charge is 0.0898 e. The molecule has 0 bridgehead atoms. The van der Waals surface area contributed by atoms with Crippen molar-refractivity contribution in [3.05, 3.63) is 0 Å². The van der Waals surface area contributed by atoms with E-state index in [0.29, 0.717) is 18.6 Å². The van der Waals surface area contributed by atoms with Gasteiger partial charge in [0.2, 0.25) is 0 Å². The quantitative estimate of drug-likeness (QED) is 0.733. The van der Waals surface area contributed by atoms with Crippen LogP contribution in [0.5, 0.6) is 0 Å². The van der Waals surface area contributed by atoms with Gasteiger partial charge in [-0.05, 0) is 32.6 Å². The molecule has 0 aromatic rings. The molecular weight excluding hydrogens is 248 g/mol. The SMILES string of the molecule is C(=NC1CCCCC1)=NC1CCCCC1.CCN=C=N. The van der Waals surface area contributed by atoms with Crippen LogP contribution in [-0.2, 0) is 0 Å². The number of hydrogen-bond acceptors (Lipinski definition) is 4. The van der Waals surface area contributed by atoms with Crippen molar-refractivity contribution in [2.75, 3.05) is 6.54 Å². The predicted octanol–water partition coefficient (Wildman–Crippen LogP) is 4.58. The van der Waals surface area contributed by atoms with Crippen LogP contribution >= 0.6 is 0 Å². The van der Waals surface area contributed by atoms with Gasteiger partial charge in [0, 0.05) is 6.54 Å². The molecule has 1 N–H and O–H groups in total. The minimum Gasteiger partial charge on any atom is -0.242 e. The molecule has 2 fully saturated rings. The van der Waals surface area contributed by atoms with Crippen molar-refractivity contribution < 1.29 is 0 Å². The summed E-state index contributed by atoms with van der Waals surface area (Å²) >= 11 is 0. The van der Waals surface area contributed by atoms with Crippen LogP contribution in [0.1, 0.15) is 71.1 Å². The molecule has 0 aromatic carbocycles. The Labute approximate surface area is 123 Å². The molecule has 0 atom stereocenters. The Hall–Kier alpha value is -1.24. The zero-order valence-corrected chi connectivity index (χ0v) is 12.8. The van der Waals surface area contributed by atoms with Crippen LogP contribution in [0.25, 0.3) is 0 Å². The van der Waals surface area contributed by atoms with E-state index in [-0.39, 0.29) is 0 Å². The van der Waals surface area contributed by atoms with Crippen molar-refractivity contribution in [2.45, 2.75) is 83.2 Å². The second-order valence-corrected chi connectivity index (χ2v) is 5.53. The molecular formula is C16H28N4. The summed E-state index contributed by atoms with van der Waals surface area (Å²) in [6.45, 7) is 2.53. The third-order valence-corrected chi connectivity index (χ3v) is 3.87. The Balaban J connectivity index is 0.000000347. The Kier molecular flexibility index (Phi) is 9.73. The van der Waals surface area contributed by atoms with E-state index in [1.54, 1.807) is 0 Å². The highest BCUT2D eigenvalue weighted by molar-refractivity contribution is 5.42. The number of nitrogens with zero attached hydrogens (tertiary/aromatic N) is 3. The number of aliphatic imine (C=N–C) groups is 3. The first kappa shape index (κ1) is 16.8. The number of hydrogen-bond donors (Lipinski definition) is 1. The summed E-state index contributed by atoms with van der Waals surface area (Å²) in [5.41, 5.74) is 0. The van der Waals surface area contributed by atoms with Gasteiger partial charge in [0.15, 0.2) is 0 Å². The van der Waals surface area contributed by atoms with E-state index < -0.39 is 0 Å². The maximum Gasteiger partial charge on any atom is 0.0898 e. The molecule has 0 radical (unpaired) electrons. The van der Waals surface area contributed by atoms with Gasteiger partial charge in [-0.3, -0.25) is 0 Å². The maximum absolute atomic E-state index is 6.19. The van der Waals surface area contributed by atoms with Crippen LogP contribution in [0.2, 0.25) is 0 Å². The lowest BCUT2D eigenvalue weighted by molar-refractivity contribution is 0.438. The van der Waals surface area contributed by atoms with Gasteiger partial charge < -0.3 is 0 Å². The first-order valence-corrected chi connectivity index (χ1v) is 8.09. The van der Waals surface area contributed by atoms with Crippen molar-refractivity contribution >= 4 is 12.0 Å². The lowest BCUT2D eigenvalue weighted by Gasteiger charge is -2.17. The topological polar surface area (TPSA) is 60.9 Å². The van der Waals surface area contributed by atoms with Crippen LogP contribution in [-0.4, -0.2) is 30.6 Å². The highest BCUT2D eigenvalue weighted by Crippen LogP contribution is 2.21. The molecule has 0 heterocycles. The lowest BCUT2D eigenvalue weighted by atomic mass is 9.96. The van der Waals surface area contributed by atoms with Gasteiger partial charge >= 0.3 is 0 Å². The largest absolute Gasteiger partial charge is 0.242 e. The average molecular weight is 276 g/mol. The molecule has 2 rings (SSSR count). The van der Waals surface area contributed by atoms with E-state index >= 15 is 0 Å². The summed E-state index contributed by atoms with van der Waals surface area (Å²) in [6, 6.07) is 5.93. The van der Waals surface area contributed by atoms with Crippen LogP contribution < -0.4 is 0 Å². The summed E-state index contributed by atoms with van der Waals surface area (Å²) < 4.78 is 0. The van der Waals surface area contributed by atoms with Crippen LogP contribution in [0.4, 0.5) is 0 Å². The van der Waals surface area contributed by atoms with Gasteiger partial charge in [0.1, 0.15) is 0 Å². The monoisotopic (exact) mass is 276 g/mol. The molecule has 0 saturated heterocycles. The third-order valence-electron chi connectivity index (χ3n) is 3.87. The van der Waals surface area contributed by atoms with E-state index in [1.165, 1.54) is 64.2 Å². The van der Waals surface area contributed by atoms with E-state index in [9.17, 15) is 0 Å². The summed E-state index contributed by atoms with van der Waals surface area (Å²) in [4.78, 5) is 12.3. The second-order valence-electron chi connectivity index (χ2n) is 5.53. The molecule has 2 saturated carbocycles. The highest BCUT2D eigenvalue weighted by Gasteiger charge is 2.12. The third kappa shape index (κ3) is 8.04. The average Bonchev–Trinajstić information content (AvgIpc) is 2.51. The van der Waals surface area contributed by atoms with Crippen molar-refractivity contribution in [2.24, 2.45) is 15.0 Å². The standard InChI is InChI=1S/C13H22N2.C3H6N2/c1-3-7-12(8-4-1)14-11-15-13-9-5-2-6-10-13;1-2-5-3-4/h12-13H,1-10H2;4H,2H2,1H3. The highest BCUT2D eigenvalue weighted by atomic mass is 14.9. The zero-order chi connectivity index (χ0) is 14.5. The van der Waals surface area contributed by atoms with Crippen molar-refractivity contribution in [1.29, 1.82) is 5.41 Å². The van der Waals surface area contributed by atoms with Crippen LogP contribution in [0, 0.1) is 5.41 Å². The van der Waals surface area contributed by atoms with Crippen LogP contribution in [0.15, 0.2) is 15.0 Å². The fourth-order valence-electron chi connectivity index (χ4n) is 2.70. The molecule has 2 aliphatic rings. The van der Waals surface area contributed by atoms with Gasteiger partial charge in [0.05, 0.1) is 24.1 Å². The molecule has 0 unspecified atom stereocenters. The fourth-order valence-corrected chi connectivity index (χ4v) is 2.70. The Morgan fingerprint density at radius 2 is 1.30 bits per heavy atom. The lowest BCUT2D eigenvalue weighted by Crippen LogP contribution is -2.10. The summed E-state index contributed by atoms with van der Waals surface area (Å²) in [6.07, 6.45) is 13.2. The zero-order valence-electron chi connectivity index (χ0n) is 12.8. The van der Waals surface area contributed by atoms with Gasteiger partial charge in [-0.2, -0.15) is 0 Å². The Bertz CT molecular complexity index is 317. The molecule has 0 spiro atoms. The van der Waals surface area contributed by atoms with Gasteiger partial charge in [0.25, 0.3) is 0 Å². The van der Waals surface area contributed by atoms with Crippen LogP contribution in [0.3, 0.4) is 0 Å². The van der Waals surface area contributed by atoms with Crippen molar-refractivity contribution in [3.8, 4) is 0 Å². The number of rotatable bonds is 3. The first-order chi connectivity index (χ1) is 9.86. The molecule has 4 nitrogen and oxygen atoms in total. The fraction of sp³-hybridized carbons (Fsp3) is 0.875. The summed E-state index contributed by atoms with van der Waals surface area (Å²) in [5.74, 6) is 0. The minimum atomic E-state index is 0.533. The second kappa shape index (κ2) is 11.6. The molecule has 0 aliphatic heterocycles. The van der Waals surface area contributed by atoms with E-state index in [0.717, 1.165) is 0 Å². The normalized spacial score (nSPS) is 19.9. The van der Waals surface area contributed by atoms with E-state index in [2.05, 4.69) is 21.0 Å². The van der Waals surface area contributed by atoms with E-state index in [1.807, 2.05) is 12.9 Å².